The smallest absolute Gasteiger partial charge is 0.298 e. The Kier molecular flexibility index (Phi) is 4.06. The fraction of sp³-hybridized carbons (Fsp3) is 0.450. The molecule has 0 aromatic carbocycles. The first-order valence-corrected chi connectivity index (χ1v) is 9.63. The highest BCUT2D eigenvalue weighted by molar-refractivity contribution is 5.60. The van der Waals surface area contributed by atoms with Gasteiger partial charge in [0.05, 0.1) is 17.5 Å². The van der Waals surface area contributed by atoms with Crippen LogP contribution in [0, 0.1) is 0 Å². The second-order valence-electron chi connectivity index (χ2n) is 8.11. The zero-order chi connectivity index (χ0) is 20.2. The van der Waals surface area contributed by atoms with Crippen molar-refractivity contribution < 1.29 is 13.2 Å². The Morgan fingerprint density at radius 1 is 1.10 bits per heavy atom. The quantitative estimate of drug-likeness (QED) is 0.675. The highest BCUT2D eigenvalue weighted by Crippen LogP contribution is 2.44. The molecule has 1 fully saturated rings. The molecule has 29 heavy (non-hydrogen) atoms. The second-order valence-corrected chi connectivity index (χ2v) is 8.11. The summed E-state index contributed by atoms with van der Waals surface area (Å²) in [6.07, 6.45) is 3.85. The molecule has 1 atom stereocenters. The van der Waals surface area contributed by atoms with Crippen LogP contribution in [0.3, 0.4) is 0 Å². The minimum atomic E-state index is -4.41. The van der Waals surface area contributed by atoms with Crippen LogP contribution in [0.25, 0.3) is 11.3 Å². The van der Waals surface area contributed by atoms with Crippen molar-refractivity contribution in [1.29, 1.82) is 0 Å². The first kappa shape index (κ1) is 18.4. The van der Waals surface area contributed by atoms with E-state index in [1.165, 1.54) is 11.8 Å². The molecule has 152 valence electrons. The van der Waals surface area contributed by atoms with E-state index in [1.54, 1.807) is 4.68 Å². The van der Waals surface area contributed by atoms with Gasteiger partial charge >= 0.3 is 6.18 Å². The van der Waals surface area contributed by atoms with Crippen LogP contribution >= 0.6 is 0 Å². The summed E-state index contributed by atoms with van der Waals surface area (Å²) in [6.45, 7) is 3.56. The average molecular weight is 402 g/mol. The fourth-order valence-electron chi connectivity index (χ4n) is 4.66. The van der Waals surface area contributed by atoms with Gasteiger partial charge in [-0.3, -0.25) is 19.2 Å². The van der Waals surface area contributed by atoms with Gasteiger partial charge in [0, 0.05) is 67.5 Å². The lowest BCUT2D eigenvalue weighted by atomic mass is 9.82. The van der Waals surface area contributed by atoms with Crippen molar-refractivity contribution in [2.45, 2.75) is 37.5 Å². The molecule has 0 amide bonds. The predicted octanol–water partition coefficient (Wildman–Crippen LogP) is 3.24. The first-order valence-electron chi connectivity index (χ1n) is 9.63. The van der Waals surface area contributed by atoms with E-state index in [4.69, 9.17) is 0 Å². The number of rotatable bonds is 3. The Morgan fingerprint density at radius 2 is 1.93 bits per heavy atom. The number of halogens is 3. The predicted molar refractivity (Wildman–Crippen MR) is 99.9 cm³/mol. The van der Waals surface area contributed by atoms with Crippen molar-refractivity contribution in [3.8, 4) is 11.3 Å². The summed E-state index contributed by atoms with van der Waals surface area (Å²) in [6, 6.07) is 3.08. The zero-order valence-electron chi connectivity index (χ0n) is 16.0. The Hall–Kier alpha value is -2.68. The molecule has 0 radical (unpaired) electrons. The lowest BCUT2D eigenvalue weighted by Gasteiger charge is -2.23. The molecule has 0 unspecified atom stereocenters. The lowest BCUT2D eigenvalue weighted by Crippen LogP contribution is -2.28. The number of hydrogen-bond donors (Lipinski definition) is 0. The van der Waals surface area contributed by atoms with Gasteiger partial charge in [0.1, 0.15) is 0 Å². The van der Waals surface area contributed by atoms with Crippen LogP contribution in [0.5, 0.6) is 0 Å². The molecule has 3 aromatic heterocycles. The third-order valence-electron chi connectivity index (χ3n) is 6.08. The van der Waals surface area contributed by atoms with Gasteiger partial charge in [0.15, 0.2) is 0 Å². The lowest BCUT2D eigenvalue weighted by molar-refractivity contribution is -0.137. The summed E-state index contributed by atoms with van der Waals surface area (Å²) in [5, 5.41) is 8.83. The van der Waals surface area contributed by atoms with Crippen LogP contribution in [-0.2, 0) is 31.7 Å². The number of nitrogens with zero attached hydrogens (tertiary/aromatic N) is 6. The maximum Gasteiger partial charge on any atom is 0.417 e. The number of fused-ring (bicyclic) bond motifs is 2. The number of aryl methyl sites for hydroxylation is 2. The van der Waals surface area contributed by atoms with Crippen molar-refractivity contribution >= 4 is 0 Å². The molecule has 0 saturated carbocycles. The largest absolute Gasteiger partial charge is 0.417 e. The standard InChI is InChI=1S/C20H21F3N6/c1-27-11-14(8-25-27)12-28-4-2-19(13-28)3-5-29-18(19)7-17(26-29)15-6-16(10-24-9-15)20(21,22)23/h6-11H,2-5,12-13H2,1H3/t19-/m1/s1. The molecule has 1 saturated heterocycles. The van der Waals surface area contributed by atoms with Crippen molar-refractivity contribution in [2.24, 2.45) is 7.05 Å². The van der Waals surface area contributed by atoms with Gasteiger partial charge in [-0.25, -0.2) is 0 Å². The Morgan fingerprint density at radius 3 is 2.69 bits per heavy atom. The van der Waals surface area contributed by atoms with E-state index in [2.05, 4.69) is 20.1 Å². The Labute approximate surface area is 166 Å². The highest BCUT2D eigenvalue weighted by atomic mass is 19.4. The molecule has 1 spiro atoms. The third-order valence-corrected chi connectivity index (χ3v) is 6.08. The van der Waals surface area contributed by atoms with Crippen LogP contribution in [-0.4, -0.2) is 42.5 Å². The first-order chi connectivity index (χ1) is 13.8. The van der Waals surface area contributed by atoms with Crippen molar-refractivity contribution in [3.63, 3.8) is 0 Å². The molecule has 2 aliphatic rings. The fourth-order valence-corrected chi connectivity index (χ4v) is 4.66. The normalized spacial score (nSPS) is 21.9. The molecule has 5 heterocycles. The summed E-state index contributed by atoms with van der Waals surface area (Å²) >= 11 is 0. The SMILES string of the molecule is Cn1cc(CN2CC[C@@]3(CCn4nc(-c5cncc(C(F)(F)F)c5)cc43)C2)cn1. The molecule has 0 N–H and O–H groups in total. The van der Waals surface area contributed by atoms with Gasteiger partial charge in [-0.2, -0.15) is 23.4 Å². The zero-order valence-corrected chi connectivity index (χ0v) is 16.0. The van der Waals surface area contributed by atoms with Crippen molar-refractivity contribution in [3.05, 3.63) is 53.7 Å². The number of aromatic nitrogens is 5. The molecule has 2 aliphatic heterocycles. The van der Waals surface area contributed by atoms with Crippen molar-refractivity contribution in [2.75, 3.05) is 13.1 Å². The van der Waals surface area contributed by atoms with Gasteiger partial charge in [-0.1, -0.05) is 0 Å². The molecule has 0 bridgehead atoms. The number of pyridine rings is 1. The molecular weight excluding hydrogens is 381 g/mol. The number of alkyl halides is 3. The average Bonchev–Trinajstić information content (AvgIpc) is 3.43. The van der Waals surface area contributed by atoms with E-state index < -0.39 is 11.7 Å². The van der Waals surface area contributed by atoms with Gasteiger partial charge in [-0.15, -0.1) is 0 Å². The van der Waals surface area contributed by atoms with Crippen LogP contribution in [0.1, 0.15) is 29.7 Å². The van der Waals surface area contributed by atoms with E-state index in [9.17, 15) is 13.2 Å². The van der Waals surface area contributed by atoms with E-state index in [0.717, 1.165) is 57.0 Å². The van der Waals surface area contributed by atoms with Crippen LogP contribution in [0.2, 0.25) is 0 Å². The molecule has 6 nitrogen and oxygen atoms in total. The second kappa shape index (κ2) is 6.41. The number of likely N-dealkylation sites (tertiary alicyclic amines) is 1. The van der Waals surface area contributed by atoms with E-state index >= 15 is 0 Å². The van der Waals surface area contributed by atoms with Gasteiger partial charge in [0.25, 0.3) is 0 Å². The molecule has 5 rings (SSSR count). The van der Waals surface area contributed by atoms with Gasteiger partial charge < -0.3 is 0 Å². The summed E-state index contributed by atoms with van der Waals surface area (Å²) in [4.78, 5) is 6.20. The Bertz CT molecular complexity index is 1050. The summed E-state index contributed by atoms with van der Waals surface area (Å²) in [7, 11) is 1.91. The third kappa shape index (κ3) is 3.23. The minimum absolute atomic E-state index is 0.0164. The van der Waals surface area contributed by atoms with Gasteiger partial charge in [-0.05, 0) is 31.5 Å². The summed E-state index contributed by atoms with van der Waals surface area (Å²) < 4.78 is 42.9. The monoisotopic (exact) mass is 402 g/mol. The molecular formula is C20H21F3N6. The van der Waals surface area contributed by atoms with Gasteiger partial charge in [0.2, 0.25) is 0 Å². The maximum atomic E-state index is 13.0. The van der Waals surface area contributed by atoms with Crippen LogP contribution < -0.4 is 0 Å². The molecule has 0 aliphatic carbocycles. The van der Waals surface area contributed by atoms with E-state index in [-0.39, 0.29) is 5.41 Å². The molecule has 9 heteroatoms. The highest BCUT2D eigenvalue weighted by Gasteiger charge is 2.45. The Balaban J connectivity index is 1.39. The number of hydrogen-bond acceptors (Lipinski definition) is 4. The topological polar surface area (TPSA) is 51.8 Å². The van der Waals surface area contributed by atoms with E-state index in [0.29, 0.717) is 11.3 Å². The minimum Gasteiger partial charge on any atom is -0.298 e. The summed E-state index contributed by atoms with van der Waals surface area (Å²) in [5.74, 6) is 0. The van der Waals surface area contributed by atoms with Crippen molar-refractivity contribution in [1.82, 2.24) is 29.4 Å². The van der Waals surface area contributed by atoms with Crippen LogP contribution in [0.15, 0.2) is 36.9 Å². The maximum absolute atomic E-state index is 13.0. The van der Waals surface area contributed by atoms with E-state index in [1.807, 2.05) is 30.2 Å². The molecule has 3 aromatic rings. The summed E-state index contributed by atoms with van der Waals surface area (Å²) in [5.41, 5.74) is 2.54. The van der Waals surface area contributed by atoms with Crippen LogP contribution in [0.4, 0.5) is 13.2 Å².